The lowest BCUT2D eigenvalue weighted by Crippen LogP contribution is -2.25. The summed E-state index contributed by atoms with van der Waals surface area (Å²) in [5.41, 5.74) is 7.93. The third-order valence-corrected chi connectivity index (χ3v) is 2.67. The summed E-state index contributed by atoms with van der Waals surface area (Å²) in [5.74, 6) is 1.08. The van der Waals surface area contributed by atoms with Crippen LogP contribution in [0.5, 0.6) is 0 Å². The summed E-state index contributed by atoms with van der Waals surface area (Å²) in [4.78, 5) is 4.65. The molecule has 0 bridgehead atoms. The van der Waals surface area contributed by atoms with E-state index in [1.54, 1.807) is 0 Å². The fourth-order valence-electron chi connectivity index (χ4n) is 2.12. The smallest absolute Gasteiger partial charge is 0.111 e. The number of hydrogen-bond acceptors (Lipinski definition) is 2. The van der Waals surface area contributed by atoms with Crippen LogP contribution in [0.15, 0.2) is 24.3 Å². The third-order valence-electron chi connectivity index (χ3n) is 2.67. The molecule has 0 amide bonds. The van der Waals surface area contributed by atoms with Crippen molar-refractivity contribution in [1.29, 1.82) is 0 Å². The van der Waals surface area contributed by atoms with Crippen LogP contribution in [0.1, 0.15) is 26.6 Å². The monoisotopic (exact) mass is 217 g/mol. The van der Waals surface area contributed by atoms with Crippen LogP contribution >= 0.6 is 0 Å². The van der Waals surface area contributed by atoms with E-state index in [1.165, 1.54) is 5.52 Å². The molecule has 0 saturated heterocycles. The fraction of sp³-hybridized carbons (Fsp3) is 0.462. The molecule has 3 nitrogen and oxygen atoms in total. The van der Waals surface area contributed by atoms with Gasteiger partial charge in [-0.1, -0.05) is 12.1 Å². The van der Waals surface area contributed by atoms with Crippen LogP contribution in [-0.2, 0) is 12.0 Å². The molecule has 1 aromatic heterocycles. The van der Waals surface area contributed by atoms with Crippen LogP contribution in [0.3, 0.4) is 0 Å². The quantitative estimate of drug-likeness (QED) is 0.838. The second-order valence-electron chi connectivity index (χ2n) is 5.06. The second kappa shape index (κ2) is 3.91. The van der Waals surface area contributed by atoms with Gasteiger partial charge in [0.2, 0.25) is 0 Å². The number of fused-ring (bicyclic) bond motifs is 1. The predicted molar refractivity (Wildman–Crippen MR) is 67.5 cm³/mol. The topological polar surface area (TPSA) is 43.8 Å². The summed E-state index contributed by atoms with van der Waals surface area (Å²) in [7, 11) is 0. The van der Waals surface area contributed by atoms with Gasteiger partial charge in [-0.05, 0) is 39.4 Å². The molecule has 0 radical (unpaired) electrons. The molecule has 0 spiro atoms. The molecule has 2 rings (SSSR count). The highest BCUT2D eigenvalue weighted by Gasteiger charge is 2.20. The zero-order chi connectivity index (χ0) is 11.8. The number of imidazole rings is 1. The Bertz CT molecular complexity index is 491. The molecular formula is C13H19N3. The van der Waals surface area contributed by atoms with Crippen molar-refractivity contribution >= 4 is 11.0 Å². The van der Waals surface area contributed by atoms with E-state index in [9.17, 15) is 0 Å². The van der Waals surface area contributed by atoms with Gasteiger partial charge in [-0.2, -0.15) is 0 Å². The zero-order valence-corrected chi connectivity index (χ0v) is 10.2. The molecule has 0 unspecified atom stereocenters. The van der Waals surface area contributed by atoms with Gasteiger partial charge in [0, 0.05) is 12.0 Å². The van der Waals surface area contributed by atoms with Gasteiger partial charge in [0.05, 0.1) is 11.0 Å². The standard InChI is InChI=1S/C13H19N3/c1-13(2,3)16-11-7-5-4-6-10(11)15-12(16)8-9-14/h4-7H,8-9,14H2,1-3H3. The average Bonchev–Trinajstić information content (AvgIpc) is 2.55. The van der Waals surface area contributed by atoms with Crippen molar-refractivity contribution in [2.45, 2.75) is 32.7 Å². The van der Waals surface area contributed by atoms with Crippen molar-refractivity contribution < 1.29 is 0 Å². The maximum absolute atomic E-state index is 5.64. The molecule has 0 fully saturated rings. The lowest BCUT2D eigenvalue weighted by atomic mass is 10.1. The highest BCUT2D eigenvalue weighted by Crippen LogP contribution is 2.24. The molecule has 2 aromatic rings. The number of aromatic nitrogens is 2. The normalized spacial score (nSPS) is 12.2. The summed E-state index contributed by atoms with van der Waals surface area (Å²) in [6, 6.07) is 8.25. The van der Waals surface area contributed by atoms with E-state index < -0.39 is 0 Å². The first-order valence-corrected chi connectivity index (χ1v) is 5.71. The van der Waals surface area contributed by atoms with E-state index in [-0.39, 0.29) is 5.54 Å². The van der Waals surface area contributed by atoms with Gasteiger partial charge < -0.3 is 10.3 Å². The Kier molecular flexibility index (Phi) is 2.72. The van der Waals surface area contributed by atoms with Crippen molar-refractivity contribution in [3.8, 4) is 0 Å². The number of para-hydroxylation sites is 2. The third kappa shape index (κ3) is 1.83. The SMILES string of the molecule is CC(C)(C)n1c(CCN)nc2ccccc21. The van der Waals surface area contributed by atoms with Crippen LogP contribution in [0, 0.1) is 0 Å². The van der Waals surface area contributed by atoms with Gasteiger partial charge in [0.15, 0.2) is 0 Å². The minimum atomic E-state index is 0.0423. The molecule has 0 atom stereocenters. The van der Waals surface area contributed by atoms with Crippen LogP contribution in [-0.4, -0.2) is 16.1 Å². The van der Waals surface area contributed by atoms with Crippen molar-refractivity contribution in [2.24, 2.45) is 5.73 Å². The Morgan fingerprint density at radius 3 is 2.56 bits per heavy atom. The number of benzene rings is 1. The van der Waals surface area contributed by atoms with E-state index in [0.717, 1.165) is 17.8 Å². The van der Waals surface area contributed by atoms with Crippen molar-refractivity contribution in [3.63, 3.8) is 0 Å². The lowest BCUT2D eigenvalue weighted by Gasteiger charge is -2.24. The second-order valence-corrected chi connectivity index (χ2v) is 5.06. The first-order valence-electron chi connectivity index (χ1n) is 5.71. The number of nitrogens with zero attached hydrogens (tertiary/aromatic N) is 2. The van der Waals surface area contributed by atoms with Gasteiger partial charge in [-0.15, -0.1) is 0 Å². The van der Waals surface area contributed by atoms with Gasteiger partial charge >= 0.3 is 0 Å². The maximum atomic E-state index is 5.64. The van der Waals surface area contributed by atoms with Crippen LogP contribution in [0.4, 0.5) is 0 Å². The molecule has 2 N–H and O–H groups in total. The Labute approximate surface area is 96.3 Å². The molecule has 86 valence electrons. The number of nitrogens with two attached hydrogens (primary N) is 1. The van der Waals surface area contributed by atoms with E-state index >= 15 is 0 Å². The first-order chi connectivity index (χ1) is 7.54. The van der Waals surface area contributed by atoms with Gasteiger partial charge in [0.1, 0.15) is 5.82 Å². The summed E-state index contributed by atoms with van der Waals surface area (Å²) in [6.07, 6.45) is 0.825. The van der Waals surface area contributed by atoms with Crippen LogP contribution in [0.2, 0.25) is 0 Å². The first kappa shape index (κ1) is 11.1. The van der Waals surface area contributed by atoms with Crippen molar-refractivity contribution in [3.05, 3.63) is 30.1 Å². The fourth-order valence-corrected chi connectivity index (χ4v) is 2.12. The van der Waals surface area contributed by atoms with Gasteiger partial charge in [-0.3, -0.25) is 0 Å². The minimum Gasteiger partial charge on any atom is -0.330 e. The largest absolute Gasteiger partial charge is 0.330 e. The molecule has 16 heavy (non-hydrogen) atoms. The molecule has 1 aromatic carbocycles. The predicted octanol–water partition coefficient (Wildman–Crippen LogP) is 2.29. The molecule has 3 heteroatoms. The summed E-state index contributed by atoms with van der Waals surface area (Å²) in [5, 5.41) is 0. The van der Waals surface area contributed by atoms with E-state index in [1.807, 2.05) is 6.07 Å². The van der Waals surface area contributed by atoms with E-state index in [0.29, 0.717) is 6.54 Å². The Balaban J connectivity index is 2.69. The summed E-state index contributed by atoms with van der Waals surface area (Å²) in [6.45, 7) is 7.23. The summed E-state index contributed by atoms with van der Waals surface area (Å²) < 4.78 is 2.29. The number of rotatable bonds is 2. The molecule has 0 aliphatic rings. The molecule has 0 saturated carbocycles. The maximum Gasteiger partial charge on any atom is 0.111 e. The minimum absolute atomic E-state index is 0.0423. The molecule has 1 heterocycles. The highest BCUT2D eigenvalue weighted by atomic mass is 15.1. The average molecular weight is 217 g/mol. The molecular weight excluding hydrogens is 198 g/mol. The lowest BCUT2D eigenvalue weighted by molar-refractivity contribution is 0.394. The summed E-state index contributed by atoms with van der Waals surface area (Å²) >= 11 is 0. The van der Waals surface area contributed by atoms with Crippen LogP contribution < -0.4 is 5.73 Å². The Morgan fingerprint density at radius 2 is 1.94 bits per heavy atom. The van der Waals surface area contributed by atoms with Crippen molar-refractivity contribution in [1.82, 2.24) is 9.55 Å². The van der Waals surface area contributed by atoms with Gasteiger partial charge in [0.25, 0.3) is 0 Å². The molecule has 0 aliphatic carbocycles. The zero-order valence-electron chi connectivity index (χ0n) is 10.2. The Hall–Kier alpha value is -1.35. The highest BCUT2D eigenvalue weighted by molar-refractivity contribution is 5.76. The Morgan fingerprint density at radius 1 is 1.25 bits per heavy atom. The van der Waals surface area contributed by atoms with Gasteiger partial charge in [-0.25, -0.2) is 4.98 Å². The number of hydrogen-bond donors (Lipinski definition) is 1. The van der Waals surface area contributed by atoms with E-state index in [2.05, 4.69) is 48.5 Å². The molecule has 0 aliphatic heterocycles. The van der Waals surface area contributed by atoms with Crippen molar-refractivity contribution in [2.75, 3.05) is 6.54 Å². The van der Waals surface area contributed by atoms with Crippen LogP contribution in [0.25, 0.3) is 11.0 Å². The van der Waals surface area contributed by atoms with E-state index in [4.69, 9.17) is 5.73 Å².